The van der Waals surface area contributed by atoms with Gasteiger partial charge < -0.3 is 10.1 Å². The van der Waals surface area contributed by atoms with Crippen LogP contribution in [0.2, 0.25) is 5.02 Å². The van der Waals surface area contributed by atoms with Crippen LogP contribution in [0.25, 0.3) is 0 Å². The number of hydrogen-bond acceptors (Lipinski definition) is 3. The summed E-state index contributed by atoms with van der Waals surface area (Å²) < 4.78 is 20.0. The van der Waals surface area contributed by atoms with Crippen molar-refractivity contribution < 1.29 is 13.9 Å². The van der Waals surface area contributed by atoms with Gasteiger partial charge in [-0.05, 0) is 36.8 Å². The first-order valence-corrected chi connectivity index (χ1v) is 9.79. The molecule has 1 N–H and O–H groups in total. The van der Waals surface area contributed by atoms with Crippen molar-refractivity contribution in [3.8, 4) is 11.8 Å². The summed E-state index contributed by atoms with van der Waals surface area (Å²) >= 11 is 6.12. The monoisotopic (exact) mass is 414 g/mol. The zero-order valence-electron chi connectivity index (χ0n) is 17.1. The van der Waals surface area contributed by atoms with E-state index in [2.05, 4.69) is 5.32 Å². The van der Waals surface area contributed by atoms with Gasteiger partial charge in [0.05, 0.1) is 10.6 Å². The molecule has 1 saturated carbocycles. The fourth-order valence-corrected chi connectivity index (χ4v) is 4.76. The van der Waals surface area contributed by atoms with Crippen molar-refractivity contribution >= 4 is 17.5 Å². The number of benzene rings is 2. The second kappa shape index (κ2) is 7.35. The van der Waals surface area contributed by atoms with Gasteiger partial charge in [-0.25, -0.2) is 4.39 Å². The van der Waals surface area contributed by atoms with Gasteiger partial charge in [-0.1, -0.05) is 45.4 Å². The Morgan fingerprint density at radius 3 is 2.38 bits per heavy atom. The van der Waals surface area contributed by atoms with Crippen LogP contribution in [0.4, 0.5) is 4.39 Å². The van der Waals surface area contributed by atoms with E-state index in [1.165, 1.54) is 6.07 Å². The van der Waals surface area contributed by atoms with Crippen LogP contribution < -0.4 is 10.1 Å². The topological polar surface area (TPSA) is 62.1 Å². The molecule has 0 saturated heterocycles. The molecule has 0 aromatic heterocycles. The second-order valence-electron chi connectivity index (χ2n) is 8.76. The van der Waals surface area contributed by atoms with Crippen LogP contribution in [0.15, 0.2) is 36.4 Å². The van der Waals surface area contributed by atoms with E-state index in [9.17, 15) is 9.18 Å². The van der Waals surface area contributed by atoms with E-state index in [1.54, 1.807) is 37.3 Å². The highest BCUT2D eigenvalue weighted by atomic mass is 35.5. The number of nitriles is 1. The van der Waals surface area contributed by atoms with Crippen molar-refractivity contribution in [2.24, 2.45) is 10.8 Å². The van der Waals surface area contributed by atoms with Crippen molar-refractivity contribution in [2.45, 2.75) is 46.8 Å². The summed E-state index contributed by atoms with van der Waals surface area (Å²) in [6.45, 7) is 9.75. The lowest BCUT2D eigenvalue weighted by atomic mass is 9.49. The standard InChI is InChI=1S/C23H24ClFN2O2/c1-13-6-7-14(10-18(13)25)19(28)27-20-22(2,3)21(23(20,4)5)29-16-9-8-15(12-26)17(24)11-16/h6-11,20-21H,1-5H3,(H,27,28). The Balaban J connectivity index is 1.77. The van der Waals surface area contributed by atoms with Gasteiger partial charge in [-0.3, -0.25) is 4.79 Å². The van der Waals surface area contributed by atoms with E-state index in [0.717, 1.165) is 0 Å². The zero-order chi connectivity index (χ0) is 21.6. The summed E-state index contributed by atoms with van der Waals surface area (Å²) in [5.74, 6) is -0.135. The van der Waals surface area contributed by atoms with Gasteiger partial charge in [0.15, 0.2) is 0 Å². The maximum absolute atomic E-state index is 13.8. The van der Waals surface area contributed by atoms with Crippen molar-refractivity contribution in [2.75, 3.05) is 0 Å². The highest BCUT2D eigenvalue weighted by molar-refractivity contribution is 6.31. The van der Waals surface area contributed by atoms with Crippen LogP contribution in [0.1, 0.15) is 49.2 Å². The molecule has 1 amide bonds. The highest BCUT2D eigenvalue weighted by Gasteiger charge is 2.64. The number of rotatable bonds is 4. The SMILES string of the molecule is Cc1ccc(C(=O)NC2C(C)(C)C(Oc3ccc(C#N)c(Cl)c3)C2(C)C)cc1F. The van der Waals surface area contributed by atoms with Crippen molar-refractivity contribution in [3.05, 3.63) is 63.9 Å². The molecule has 1 aliphatic carbocycles. The molecule has 1 aliphatic rings. The minimum absolute atomic E-state index is 0.175. The van der Waals surface area contributed by atoms with Gasteiger partial charge in [0, 0.05) is 28.5 Å². The third-order valence-corrected chi connectivity index (χ3v) is 6.18. The lowest BCUT2D eigenvalue weighted by molar-refractivity contribution is -0.164. The fourth-order valence-electron chi connectivity index (χ4n) is 4.54. The molecule has 1 fully saturated rings. The summed E-state index contributed by atoms with van der Waals surface area (Å²) in [6, 6.07) is 11.3. The third kappa shape index (κ3) is 3.70. The molecule has 0 radical (unpaired) electrons. The summed E-state index contributed by atoms with van der Waals surface area (Å²) in [5, 5.41) is 12.4. The number of nitrogens with zero attached hydrogens (tertiary/aromatic N) is 1. The number of nitrogens with one attached hydrogen (secondary N) is 1. The molecular formula is C23H24ClFN2O2. The Kier molecular flexibility index (Phi) is 5.36. The molecule has 4 nitrogen and oxygen atoms in total. The summed E-state index contributed by atoms with van der Waals surface area (Å²) in [6.07, 6.45) is -0.195. The van der Waals surface area contributed by atoms with Gasteiger partial charge in [0.25, 0.3) is 5.91 Å². The number of ether oxygens (including phenoxy) is 1. The first kappa shape index (κ1) is 21.1. The molecular weight excluding hydrogens is 391 g/mol. The van der Waals surface area contributed by atoms with E-state index >= 15 is 0 Å². The van der Waals surface area contributed by atoms with Gasteiger partial charge in [-0.2, -0.15) is 5.26 Å². The number of carbonyl (C=O) groups excluding carboxylic acids is 1. The molecule has 2 aromatic carbocycles. The molecule has 0 spiro atoms. The smallest absolute Gasteiger partial charge is 0.251 e. The van der Waals surface area contributed by atoms with Crippen LogP contribution in [-0.2, 0) is 0 Å². The fraction of sp³-hybridized carbons (Fsp3) is 0.391. The van der Waals surface area contributed by atoms with Crippen LogP contribution in [-0.4, -0.2) is 18.1 Å². The Hall–Kier alpha value is -2.58. The van der Waals surface area contributed by atoms with E-state index in [-0.39, 0.29) is 28.9 Å². The molecule has 0 unspecified atom stereocenters. The molecule has 0 heterocycles. The number of amides is 1. The second-order valence-corrected chi connectivity index (χ2v) is 9.17. The van der Waals surface area contributed by atoms with E-state index in [0.29, 0.717) is 27.5 Å². The Labute approximate surface area is 175 Å². The Morgan fingerprint density at radius 2 is 1.83 bits per heavy atom. The van der Waals surface area contributed by atoms with E-state index in [4.69, 9.17) is 21.6 Å². The minimum atomic E-state index is -0.399. The predicted molar refractivity (Wildman–Crippen MR) is 111 cm³/mol. The highest BCUT2D eigenvalue weighted by Crippen LogP contribution is 2.55. The lowest BCUT2D eigenvalue weighted by Gasteiger charge is -2.63. The number of carbonyl (C=O) groups is 1. The largest absolute Gasteiger partial charge is 0.489 e. The van der Waals surface area contributed by atoms with Crippen LogP contribution >= 0.6 is 11.6 Å². The zero-order valence-corrected chi connectivity index (χ0v) is 17.9. The van der Waals surface area contributed by atoms with Crippen molar-refractivity contribution in [1.82, 2.24) is 5.32 Å². The van der Waals surface area contributed by atoms with Gasteiger partial charge in [0.2, 0.25) is 0 Å². The summed E-state index contributed by atoms with van der Waals surface area (Å²) in [5.41, 5.74) is 0.441. The molecule has 0 aliphatic heterocycles. The Bertz CT molecular complexity index is 994. The van der Waals surface area contributed by atoms with Crippen molar-refractivity contribution in [1.29, 1.82) is 5.26 Å². The van der Waals surface area contributed by atoms with Crippen LogP contribution in [0.3, 0.4) is 0 Å². The molecule has 29 heavy (non-hydrogen) atoms. The first-order chi connectivity index (χ1) is 13.5. The van der Waals surface area contributed by atoms with Crippen LogP contribution in [0.5, 0.6) is 5.75 Å². The average molecular weight is 415 g/mol. The maximum atomic E-state index is 13.8. The van der Waals surface area contributed by atoms with Crippen LogP contribution in [0, 0.1) is 34.9 Å². The number of halogens is 2. The Morgan fingerprint density at radius 1 is 1.17 bits per heavy atom. The van der Waals surface area contributed by atoms with E-state index < -0.39 is 5.82 Å². The number of hydrogen-bond donors (Lipinski definition) is 1. The molecule has 0 atom stereocenters. The summed E-state index contributed by atoms with van der Waals surface area (Å²) in [4.78, 5) is 12.7. The molecule has 3 rings (SSSR count). The van der Waals surface area contributed by atoms with Crippen molar-refractivity contribution in [3.63, 3.8) is 0 Å². The third-order valence-electron chi connectivity index (χ3n) is 5.86. The minimum Gasteiger partial charge on any atom is -0.489 e. The molecule has 0 bridgehead atoms. The maximum Gasteiger partial charge on any atom is 0.251 e. The van der Waals surface area contributed by atoms with Gasteiger partial charge >= 0.3 is 0 Å². The van der Waals surface area contributed by atoms with E-state index in [1.807, 2.05) is 33.8 Å². The number of aryl methyl sites for hydroxylation is 1. The molecule has 152 valence electrons. The average Bonchev–Trinajstić information content (AvgIpc) is 2.65. The predicted octanol–water partition coefficient (Wildman–Crippen LogP) is 5.27. The lowest BCUT2D eigenvalue weighted by Crippen LogP contribution is -2.74. The molecule has 2 aromatic rings. The quantitative estimate of drug-likeness (QED) is 0.741. The normalized spacial score (nSPS) is 21.6. The van der Waals surface area contributed by atoms with Gasteiger partial charge in [0.1, 0.15) is 23.7 Å². The van der Waals surface area contributed by atoms with Gasteiger partial charge in [-0.15, -0.1) is 0 Å². The molecule has 6 heteroatoms. The first-order valence-electron chi connectivity index (χ1n) is 9.41. The summed E-state index contributed by atoms with van der Waals surface area (Å²) in [7, 11) is 0.